The molecule has 0 radical (unpaired) electrons. The second-order valence-electron chi connectivity index (χ2n) is 5.88. The Morgan fingerprint density at radius 2 is 2.15 bits per heavy atom. The van der Waals surface area contributed by atoms with E-state index in [2.05, 4.69) is 6.08 Å². The Hall–Kier alpha value is -0.580. The number of Topliss-reactive ketones (excluding diaryl/α,β-unsaturated/α-hetero) is 1. The fourth-order valence-corrected chi connectivity index (χ4v) is 4.19. The standard InChI is InChI=1S/C16H25NO2S/c17-10-7-15(18)13-5-4-6-14(11-13)20-12-16(19)8-2-1-3-9-16/h4-6,14,19H,1-3,7-12,17H2. The molecule has 3 N–H and O–H groups in total. The zero-order valence-corrected chi connectivity index (χ0v) is 12.8. The molecular formula is C16H25NO2S. The monoisotopic (exact) mass is 295 g/mol. The van der Waals surface area contributed by atoms with E-state index in [1.165, 1.54) is 6.42 Å². The lowest BCUT2D eigenvalue weighted by Crippen LogP contribution is -2.34. The molecule has 1 saturated carbocycles. The van der Waals surface area contributed by atoms with Crippen LogP contribution >= 0.6 is 11.8 Å². The van der Waals surface area contributed by atoms with Crippen molar-refractivity contribution in [2.75, 3.05) is 12.3 Å². The minimum Gasteiger partial charge on any atom is -0.389 e. The van der Waals surface area contributed by atoms with Gasteiger partial charge in [0.25, 0.3) is 0 Å². The van der Waals surface area contributed by atoms with Crippen molar-refractivity contribution in [1.29, 1.82) is 0 Å². The van der Waals surface area contributed by atoms with E-state index >= 15 is 0 Å². The van der Waals surface area contributed by atoms with Crippen LogP contribution in [0.15, 0.2) is 23.8 Å². The highest BCUT2D eigenvalue weighted by Crippen LogP contribution is 2.34. The van der Waals surface area contributed by atoms with E-state index in [4.69, 9.17) is 5.73 Å². The van der Waals surface area contributed by atoms with Gasteiger partial charge in [0.05, 0.1) is 5.60 Å². The molecular weight excluding hydrogens is 270 g/mol. The Balaban J connectivity index is 1.81. The average Bonchev–Trinajstić information content (AvgIpc) is 2.47. The Kier molecular flexibility index (Phi) is 5.87. The van der Waals surface area contributed by atoms with E-state index in [1.807, 2.05) is 12.2 Å². The lowest BCUT2D eigenvalue weighted by molar-refractivity contribution is -0.115. The van der Waals surface area contributed by atoms with Crippen molar-refractivity contribution in [3.8, 4) is 0 Å². The van der Waals surface area contributed by atoms with E-state index in [9.17, 15) is 9.90 Å². The maximum absolute atomic E-state index is 11.9. The first-order valence-corrected chi connectivity index (χ1v) is 8.62. The number of ketones is 1. The molecule has 0 aromatic carbocycles. The highest BCUT2D eigenvalue weighted by Gasteiger charge is 2.30. The fraction of sp³-hybridized carbons (Fsp3) is 0.688. The third-order valence-electron chi connectivity index (χ3n) is 4.12. The van der Waals surface area contributed by atoms with Gasteiger partial charge in [0.15, 0.2) is 5.78 Å². The maximum atomic E-state index is 11.9. The van der Waals surface area contributed by atoms with Crippen LogP contribution in [0, 0.1) is 0 Å². The molecule has 0 bridgehead atoms. The number of aliphatic hydroxyl groups is 1. The van der Waals surface area contributed by atoms with Gasteiger partial charge >= 0.3 is 0 Å². The number of rotatable bonds is 6. The molecule has 20 heavy (non-hydrogen) atoms. The second-order valence-corrected chi connectivity index (χ2v) is 7.10. The number of allylic oxidation sites excluding steroid dienone is 3. The van der Waals surface area contributed by atoms with Crippen LogP contribution in [0.25, 0.3) is 0 Å². The maximum Gasteiger partial charge on any atom is 0.160 e. The lowest BCUT2D eigenvalue weighted by Gasteiger charge is -2.33. The van der Waals surface area contributed by atoms with Gasteiger partial charge in [-0.25, -0.2) is 0 Å². The van der Waals surface area contributed by atoms with Crippen LogP contribution < -0.4 is 5.73 Å². The number of hydrogen-bond acceptors (Lipinski definition) is 4. The predicted molar refractivity (Wildman–Crippen MR) is 84.8 cm³/mol. The summed E-state index contributed by atoms with van der Waals surface area (Å²) in [6.45, 7) is 0.414. The van der Waals surface area contributed by atoms with Crippen molar-refractivity contribution >= 4 is 17.5 Å². The van der Waals surface area contributed by atoms with Gasteiger partial charge in [0.1, 0.15) is 0 Å². The molecule has 0 aliphatic heterocycles. The number of hydrogen-bond donors (Lipinski definition) is 2. The molecule has 3 nitrogen and oxygen atoms in total. The number of thioether (sulfide) groups is 1. The first-order chi connectivity index (χ1) is 9.63. The summed E-state index contributed by atoms with van der Waals surface area (Å²) in [4.78, 5) is 11.9. The highest BCUT2D eigenvalue weighted by molar-refractivity contribution is 8.00. The zero-order chi connectivity index (χ0) is 14.4. The Labute approximate surface area is 125 Å². The van der Waals surface area contributed by atoms with Crippen LogP contribution in [0.5, 0.6) is 0 Å². The third kappa shape index (κ3) is 4.47. The van der Waals surface area contributed by atoms with Gasteiger partial charge in [-0.2, -0.15) is 11.8 Å². The van der Waals surface area contributed by atoms with Crippen molar-refractivity contribution in [2.45, 2.75) is 55.8 Å². The van der Waals surface area contributed by atoms with Crippen molar-refractivity contribution in [3.05, 3.63) is 23.8 Å². The van der Waals surface area contributed by atoms with Gasteiger partial charge in [0, 0.05) is 17.4 Å². The molecule has 0 heterocycles. The molecule has 0 saturated heterocycles. The number of carbonyl (C=O) groups is 1. The van der Waals surface area contributed by atoms with Gasteiger partial charge in [-0.3, -0.25) is 4.79 Å². The van der Waals surface area contributed by atoms with Crippen LogP contribution in [-0.2, 0) is 4.79 Å². The molecule has 1 fully saturated rings. The molecule has 2 rings (SSSR count). The van der Waals surface area contributed by atoms with Gasteiger partial charge in [0.2, 0.25) is 0 Å². The van der Waals surface area contributed by atoms with Gasteiger partial charge in [-0.1, -0.05) is 37.5 Å². The first kappa shape index (κ1) is 15.8. The van der Waals surface area contributed by atoms with Crippen LogP contribution in [0.3, 0.4) is 0 Å². The first-order valence-electron chi connectivity index (χ1n) is 7.58. The summed E-state index contributed by atoms with van der Waals surface area (Å²) in [6, 6.07) is 0. The highest BCUT2D eigenvalue weighted by atomic mass is 32.2. The molecule has 2 aliphatic carbocycles. The molecule has 2 aliphatic rings. The van der Waals surface area contributed by atoms with E-state index in [0.29, 0.717) is 18.2 Å². The Morgan fingerprint density at radius 1 is 1.40 bits per heavy atom. The van der Waals surface area contributed by atoms with Crippen LogP contribution in [0.1, 0.15) is 44.9 Å². The summed E-state index contributed by atoms with van der Waals surface area (Å²) in [5.74, 6) is 0.944. The molecule has 0 aromatic heterocycles. The van der Waals surface area contributed by atoms with Crippen molar-refractivity contribution in [1.82, 2.24) is 0 Å². The van der Waals surface area contributed by atoms with Crippen molar-refractivity contribution in [2.24, 2.45) is 5.73 Å². The molecule has 0 amide bonds. The van der Waals surface area contributed by atoms with Crippen LogP contribution in [-0.4, -0.2) is 34.0 Å². The van der Waals surface area contributed by atoms with E-state index < -0.39 is 5.60 Å². The summed E-state index contributed by atoms with van der Waals surface area (Å²) < 4.78 is 0. The zero-order valence-electron chi connectivity index (χ0n) is 12.0. The van der Waals surface area contributed by atoms with Crippen molar-refractivity contribution < 1.29 is 9.90 Å². The van der Waals surface area contributed by atoms with Gasteiger partial charge < -0.3 is 10.8 Å². The van der Waals surface area contributed by atoms with E-state index in [1.54, 1.807) is 11.8 Å². The predicted octanol–water partition coefficient (Wildman–Crippen LogP) is 2.59. The topological polar surface area (TPSA) is 63.3 Å². The minimum atomic E-state index is -0.487. The number of nitrogens with two attached hydrogens (primary N) is 1. The molecule has 0 spiro atoms. The number of carbonyl (C=O) groups excluding carboxylic acids is 1. The Bertz CT molecular complexity index is 397. The van der Waals surface area contributed by atoms with Gasteiger partial charge in [-0.15, -0.1) is 0 Å². The SMILES string of the molecule is NCCC(=O)C1=CC=CC(SCC2(O)CCCCC2)C1. The van der Waals surface area contributed by atoms with E-state index in [0.717, 1.165) is 43.4 Å². The summed E-state index contributed by atoms with van der Waals surface area (Å²) >= 11 is 1.78. The fourth-order valence-electron chi connectivity index (χ4n) is 2.88. The molecule has 4 heteroatoms. The molecule has 112 valence electrons. The lowest BCUT2D eigenvalue weighted by atomic mass is 9.86. The molecule has 1 atom stereocenters. The van der Waals surface area contributed by atoms with Crippen LogP contribution in [0.4, 0.5) is 0 Å². The van der Waals surface area contributed by atoms with Gasteiger partial charge in [-0.05, 0) is 31.4 Å². The molecule has 1 unspecified atom stereocenters. The quantitative estimate of drug-likeness (QED) is 0.790. The second kappa shape index (κ2) is 7.43. The van der Waals surface area contributed by atoms with Crippen molar-refractivity contribution in [3.63, 3.8) is 0 Å². The minimum absolute atomic E-state index is 0.166. The van der Waals surface area contributed by atoms with E-state index in [-0.39, 0.29) is 5.78 Å². The smallest absolute Gasteiger partial charge is 0.160 e. The summed E-state index contributed by atoms with van der Waals surface area (Å²) in [6.07, 6.45) is 12.6. The summed E-state index contributed by atoms with van der Waals surface area (Å²) in [7, 11) is 0. The summed E-state index contributed by atoms with van der Waals surface area (Å²) in [5.41, 5.74) is 5.83. The molecule has 0 aromatic rings. The normalized spacial score (nSPS) is 25.3. The summed E-state index contributed by atoms with van der Waals surface area (Å²) in [5, 5.41) is 10.8. The third-order valence-corrected chi connectivity index (χ3v) is 5.58. The van der Waals surface area contributed by atoms with Crippen LogP contribution in [0.2, 0.25) is 0 Å². The average molecular weight is 295 g/mol. The Morgan fingerprint density at radius 3 is 2.85 bits per heavy atom. The largest absolute Gasteiger partial charge is 0.389 e.